The van der Waals surface area contributed by atoms with Gasteiger partial charge < -0.3 is 25.4 Å². The minimum atomic E-state index is -0.859. The van der Waals surface area contributed by atoms with Crippen LogP contribution in [0.2, 0.25) is 0 Å². The van der Waals surface area contributed by atoms with Gasteiger partial charge in [0.05, 0.1) is 18.2 Å². The van der Waals surface area contributed by atoms with Gasteiger partial charge in [-0.25, -0.2) is 9.37 Å². The quantitative estimate of drug-likeness (QED) is 0.406. The first kappa shape index (κ1) is 26.8. The van der Waals surface area contributed by atoms with E-state index in [0.29, 0.717) is 35.7 Å². The van der Waals surface area contributed by atoms with Crippen molar-refractivity contribution in [1.82, 2.24) is 15.2 Å². The number of rotatable bonds is 8. The minimum absolute atomic E-state index is 0.0136. The van der Waals surface area contributed by atoms with Gasteiger partial charge in [0, 0.05) is 37.6 Å². The van der Waals surface area contributed by atoms with Gasteiger partial charge in [0.25, 0.3) is 5.91 Å². The van der Waals surface area contributed by atoms with E-state index in [9.17, 15) is 14.7 Å². The summed E-state index contributed by atoms with van der Waals surface area (Å²) < 4.78 is 21.2. The summed E-state index contributed by atoms with van der Waals surface area (Å²) in [4.78, 5) is 32.2. The van der Waals surface area contributed by atoms with Crippen LogP contribution in [0.1, 0.15) is 52.9 Å². The van der Waals surface area contributed by atoms with E-state index >= 15 is 4.39 Å². The number of amides is 2. The van der Waals surface area contributed by atoms with Crippen molar-refractivity contribution in [1.29, 1.82) is 0 Å². The van der Waals surface area contributed by atoms with Crippen LogP contribution in [0.3, 0.4) is 0 Å². The summed E-state index contributed by atoms with van der Waals surface area (Å²) in [7, 11) is 0. The average molecular weight is 533 g/mol. The molecule has 5 rings (SSSR count). The molecule has 3 N–H and O–H groups in total. The van der Waals surface area contributed by atoms with E-state index in [1.54, 1.807) is 37.4 Å². The lowest BCUT2D eigenvalue weighted by molar-refractivity contribution is -0.126. The summed E-state index contributed by atoms with van der Waals surface area (Å²) >= 11 is 0. The maximum Gasteiger partial charge on any atom is 0.258 e. The van der Waals surface area contributed by atoms with Crippen LogP contribution >= 0.6 is 0 Å². The number of aryl methyl sites for hydroxylation is 1. The maximum absolute atomic E-state index is 15.8. The highest BCUT2D eigenvalue weighted by Gasteiger charge is 2.37. The van der Waals surface area contributed by atoms with Gasteiger partial charge in [0.2, 0.25) is 5.91 Å². The molecule has 0 radical (unpaired) electrons. The Morgan fingerprint density at radius 2 is 2.00 bits per heavy atom. The molecule has 39 heavy (non-hydrogen) atoms. The van der Waals surface area contributed by atoms with Crippen LogP contribution in [0.25, 0.3) is 11.1 Å². The number of fused-ring (bicyclic) bond motifs is 1. The molecule has 1 saturated heterocycles. The molecule has 0 bridgehead atoms. The van der Waals surface area contributed by atoms with Crippen LogP contribution in [0.5, 0.6) is 0 Å². The van der Waals surface area contributed by atoms with E-state index < -0.39 is 29.7 Å². The summed E-state index contributed by atoms with van der Waals surface area (Å²) in [5, 5.41) is 16.1. The number of carbonyl (C=O) groups is 2. The van der Waals surface area contributed by atoms with Crippen LogP contribution in [-0.4, -0.2) is 58.7 Å². The largest absolute Gasteiger partial charge is 0.394 e. The van der Waals surface area contributed by atoms with Crippen molar-refractivity contribution < 1.29 is 23.8 Å². The number of hydrogen-bond acceptors (Lipinski definition) is 6. The lowest BCUT2D eigenvalue weighted by Gasteiger charge is -2.26. The molecule has 2 aromatic carbocycles. The van der Waals surface area contributed by atoms with Gasteiger partial charge >= 0.3 is 0 Å². The Balaban J connectivity index is 1.32. The van der Waals surface area contributed by atoms with Crippen molar-refractivity contribution in [2.24, 2.45) is 0 Å². The number of pyridine rings is 1. The van der Waals surface area contributed by atoms with Gasteiger partial charge in [-0.05, 0) is 55.5 Å². The number of anilines is 1. The van der Waals surface area contributed by atoms with Gasteiger partial charge in [-0.3, -0.25) is 9.59 Å². The zero-order valence-electron chi connectivity index (χ0n) is 22.1. The Morgan fingerprint density at radius 1 is 1.21 bits per heavy atom. The molecule has 3 heterocycles. The number of carbonyl (C=O) groups excluding carboxylic acids is 2. The molecule has 2 aliphatic heterocycles. The molecule has 0 spiro atoms. The van der Waals surface area contributed by atoms with E-state index in [2.05, 4.69) is 15.6 Å². The number of hydrogen-bond donors (Lipinski definition) is 3. The predicted molar refractivity (Wildman–Crippen MR) is 146 cm³/mol. The van der Waals surface area contributed by atoms with Crippen molar-refractivity contribution in [2.45, 2.75) is 51.4 Å². The third kappa shape index (κ3) is 5.65. The van der Waals surface area contributed by atoms with E-state index in [-0.39, 0.29) is 24.8 Å². The summed E-state index contributed by atoms with van der Waals surface area (Å²) in [6, 6.07) is 13.2. The van der Waals surface area contributed by atoms with Crippen LogP contribution in [0.4, 0.5) is 10.2 Å². The highest BCUT2D eigenvalue weighted by molar-refractivity contribution is 6.02. The van der Waals surface area contributed by atoms with Gasteiger partial charge in [-0.1, -0.05) is 42.0 Å². The lowest BCUT2D eigenvalue weighted by atomic mass is 9.99. The summed E-state index contributed by atoms with van der Waals surface area (Å²) in [6.07, 6.45) is 3.37. The first-order valence-corrected chi connectivity index (χ1v) is 13.3. The standard InChI is InChI=1S/C30H33FN4O4/c1-18-4-3-5-21(14-18)25(17-36)34-29(37)19(2)35-16-22-6-7-24(28(31)27(22)30(35)38)20-8-11-32-26(15-20)33-23-9-12-39-13-10-23/h3-8,11,14-15,19,23,25,36H,9-10,12-13,16-17H2,1-2H3,(H,32,33)(H,34,37)/t19-,25-/m1/s1. The second kappa shape index (κ2) is 11.5. The second-order valence-electron chi connectivity index (χ2n) is 10.2. The van der Waals surface area contributed by atoms with Crippen LogP contribution < -0.4 is 10.6 Å². The highest BCUT2D eigenvalue weighted by atomic mass is 19.1. The number of nitrogens with one attached hydrogen (secondary N) is 2. The van der Waals surface area contributed by atoms with Crippen LogP contribution in [-0.2, 0) is 16.1 Å². The third-order valence-corrected chi connectivity index (χ3v) is 7.48. The fourth-order valence-corrected chi connectivity index (χ4v) is 5.20. The zero-order chi connectivity index (χ0) is 27.5. The number of halogens is 1. The lowest BCUT2D eigenvalue weighted by Crippen LogP contribution is -2.46. The smallest absolute Gasteiger partial charge is 0.258 e. The highest BCUT2D eigenvalue weighted by Crippen LogP contribution is 2.34. The number of nitrogens with zero attached hydrogens (tertiary/aromatic N) is 2. The fourth-order valence-electron chi connectivity index (χ4n) is 5.20. The molecule has 0 aliphatic carbocycles. The number of ether oxygens (including phenoxy) is 1. The molecule has 2 amide bonds. The number of benzene rings is 2. The Morgan fingerprint density at radius 3 is 2.74 bits per heavy atom. The van der Waals surface area contributed by atoms with Crippen molar-refractivity contribution in [2.75, 3.05) is 25.1 Å². The molecule has 2 atom stereocenters. The van der Waals surface area contributed by atoms with E-state index in [1.165, 1.54) is 4.90 Å². The van der Waals surface area contributed by atoms with Gasteiger partial charge in [0.15, 0.2) is 0 Å². The third-order valence-electron chi connectivity index (χ3n) is 7.48. The second-order valence-corrected chi connectivity index (χ2v) is 10.2. The summed E-state index contributed by atoms with van der Waals surface area (Å²) in [6.45, 7) is 4.77. The normalized spacial score (nSPS) is 17.0. The van der Waals surface area contributed by atoms with Crippen LogP contribution in [0, 0.1) is 12.7 Å². The van der Waals surface area contributed by atoms with Crippen LogP contribution in [0.15, 0.2) is 54.7 Å². The molecule has 1 fully saturated rings. The van der Waals surface area contributed by atoms with Crippen molar-refractivity contribution >= 4 is 17.6 Å². The Bertz CT molecular complexity index is 1370. The fraction of sp³-hybridized carbons (Fsp3) is 0.367. The molecular weight excluding hydrogens is 499 g/mol. The molecule has 2 aliphatic rings. The molecule has 1 aromatic heterocycles. The zero-order valence-corrected chi connectivity index (χ0v) is 22.1. The predicted octanol–water partition coefficient (Wildman–Crippen LogP) is 3.98. The topological polar surface area (TPSA) is 104 Å². The minimum Gasteiger partial charge on any atom is -0.394 e. The van der Waals surface area contributed by atoms with E-state index in [0.717, 1.165) is 24.0 Å². The maximum atomic E-state index is 15.8. The number of aliphatic hydroxyl groups is 1. The van der Waals surface area contributed by atoms with Crippen molar-refractivity contribution in [3.63, 3.8) is 0 Å². The van der Waals surface area contributed by atoms with Crippen molar-refractivity contribution in [3.8, 4) is 11.1 Å². The van der Waals surface area contributed by atoms with Crippen molar-refractivity contribution in [3.05, 3.63) is 82.8 Å². The van der Waals surface area contributed by atoms with E-state index in [4.69, 9.17) is 4.74 Å². The Kier molecular flexibility index (Phi) is 7.90. The summed E-state index contributed by atoms with van der Waals surface area (Å²) in [5.41, 5.74) is 3.21. The molecule has 0 saturated carbocycles. The molecule has 9 heteroatoms. The van der Waals surface area contributed by atoms with Gasteiger partial charge in [-0.15, -0.1) is 0 Å². The molecule has 3 aromatic rings. The first-order chi connectivity index (χ1) is 18.9. The monoisotopic (exact) mass is 532 g/mol. The Labute approximate surface area is 227 Å². The molecule has 8 nitrogen and oxygen atoms in total. The van der Waals surface area contributed by atoms with E-state index in [1.807, 2.05) is 31.2 Å². The average Bonchev–Trinajstić information content (AvgIpc) is 3.29. The number of aromatic nitrogens is 1. The summed E-state index contributed by atoms with van der Waals surface area (Å²) in [5.74, 6) is -0.915. The molecule has 0 unspecified atom stereocenters. The molecular formula is C30H33FN4O4. The first-order valence-electron chi connectivity index (χ1n) is 13.3. The molecule has 204 valence electrons. The Hall–Kier alpha value is -3.82. The SMILES string of the molecule is Cc1cccc([C@@H](CO)NC(=O)[C@@H](C)N2Cc3ccc(-c4ccnc(NC5CCOCC5)c4)c(F)c3C2=O)c1. The number of aliphatic hydroxyl groups excluding tert-OH is 1. The van der Waals surface area contributed by atoms with Gasteiger partial charge in [-0.2, -0.15) is 0 Å². The van der Waals surface area contributed by atoms with Gasteiger partial charge in [0.1, 0.15) is 17.7 Å².